The fraction of sp³-hybridized carbons (Fsp3) is 0.381. The molecule has 0 spiro atoms. The number of cyclic esters (lactones) is 1. The van der Waals surface area contributed by atoms with Crippen molar-refractivity contribution in [3.8, 4) is 17.2 Å². The maximum Gasteiger partial charge on any atom is 0.342 e. The smallest absolute Gasteiger partial charge is 0.342 e. The molecule has 0 amide bonds. The van der Waals surface area contributed by atoms with Crippen molar-refractivity contribution >= 4 is 5.97 Å². The molecule has 6 atom stereocenters. The minimum absolute atomic E-state index is 0.0183. The van der Waals surface area contributed by atoms with Crippen LogP contribution in [0, 0.1) is 0 Å². The van der Waals surface area contributed by atoms with Crippen LogP contribution < -0.4 is 4.74 Å². The zero-order chi connectivity index (χ0) is 22.3. The van der Waals surface area contributed by atoms with Crippen LogP contribution in [-0.2, 0) is 15.9 Å². The lowest BCUT2D eigenvalue weighted by atomic mass is 9.93. The molecule has 6 N–H and O–H groups in total. The summed E-state index contributed by atoms with van der Waals surface area (Å²) >= 11 is 0. The summed E-state index contributed by atoms with van der Waals surface area (Å²) in [6.45, 7) is -0.640. The van der Waals surface area contributed by atoms with E-state index in [9.17, 15) is 35.4 Å². The molecular weight excluding hydrogens is 412 g/mol. The SMILES string of the molecule is O=C1O[C@@H](c2ccc(O)cc2)Cc2cc(O)cc(O[C@@H]3O[C@H](CO)[C@@H](O)[C@H](O)[C@H]3O)c21. The van der Waals surface area contributed by atoms with Gasteiger partial charge in [0.15, 0.2) is 0 Å². The molecule has 2 aromatic rings. The number of fused-ring (bicyclic) bond motifs is 1. The summed E-state index contributed by atoms with van der Waals surface area (Å²) in [6, 6.07) is 8.70. The molecule has 31 heavy (non-hydrogen) atoms. The molecule has 0 bridgehead atoms. The third-order valence-electron chi connectivity index (χ3n) is 5.38. The number of hydrogen-bond acceptors (Lipinski definition) is 10. The van der Waals surface area contributed by atoms with Crippen LogP contribution in [0.3, 0.4) is 0 Å². The molecule has 4 rings (SSSR count). The number of phenols is 2. The van der Waals surface area contributed by atoms with Gasteiger partial charge in [-0.25, -0.2) is 4.79 Å². The second-order valence-electron chi connectivity index (χ2n) is 7.48. The van der Waals surface area contributed by atoms with E-state index in [0.717, 1.165) is 6.07 Å². The molecule has 0 aliphatic carbocycles. The number of carbonyl (C=O) groups excluding carboxylic acids is 1. The van der Waals surface area contributed by atoms with E-state index in [1.807, 2.05) is 0 Å². The highest BCUT2D eigenvalue weighted by Gasteiger charge is 2.45. The highest BCUT2D eigenvalue weighted by molar-refractivity contribution is 5.95. The highest BCUT2D eigenvalue weighted by atomic mass is 16.7. The first-order valence-corrected chi connectivity index (χ1v) is 9.61. The average molecular weight is 434 g/mol. The molecule has 0 radical (unpaired) electrons. The second kappa shape index (κ2) is 8.33. The van der Waals surface area contributed by atoms with E-state index in [0.29, 0.717) is 11.1 Å². The number of aliphatic hydroxyl groups is 4. The summed E-state index contributed by atoms with van der Waals surface area (Å²) < 4.78 is 16.4. The first kappa shape index (κ1) is 21.3. The Labute approximate surface area is 176 Å². The third kappa shape index (κ3) is 4.03. The number of phenolic OH excluding ortho intramolecular Hbond substituents is 2. The number of ether oxygens (including phenoxy) is 3. The summed E-state index contributed by atoms with van der Waals surface area (Å²) in [5.41, 5.74) is 1.09. The Kier molecular flexibility index (Phi) is 5.73. The Morgan fingerprint density at radius 2 is 1.68 bits per heavy atom. The van der Waals surface area contributed by atoms with Crippen LogP contribution in [0.2, 0.25) is 0 Å². The van der Waals surface area contributed by atoms with Crippen LogP contribution in [0.1, 0.15) is 27.6 Å². The van der Waals surface area contributed by atoms with Gasteiger partial charge in [0, 0.05) is 12.5 Å². The molecule has 2 aromatic carbocycles. The lowest BCUT2D eigenvalue weighted by Gasteiger charge is -2.40. The van der Waals surface area contributed by atoms with Gasteiger partial charge in [-0.3, -0.25) is 0 Å². The van der Waals surface area contributed by atoms with Crippen LogP contribution in [0.25, 0.3) is 0 Å². The van der Waals surface area contributed by atoms with Gasteiger partial charge in [-0.1, -0.05) is 12.1 Å². The molecule has 0 unspecified atom stereocenters. The van der Waals surface area contributed by atoms with E-state index in [1.165, 1.54) is 18.2 Å². The van der Waals surface area contributed by atoms with Crippen LogP contribution >= 0.6 is 0 Å². The Morgan fingerprint density at radius 1 is 0.968 bits per heavy atom. The molecular formula is C21H22O10. The lowest BCUT2D eigenvalue weighted by molar-refractivity contribution is -0.277. The Bertz CT molecular complexity index is 957. The fourth-order valence-corrected chi connectivity index (χ4v) is 3.74. The number of aromatic hydroxyl groups is 2. The van der Waals surface area contributed by atoms with Crippen molar-refractivity contribution in [3.05, 3.63) is 53.1 Å². The van der Waals surface area contributed by atoms with Gasteiger partial charge in [0.25, 0.3) is 0 Å². The van der Waals surface area contributed by atoms with Crippen molar-refractivity contribution in [2.75, 3.05) is 6.61 Å². The number of benzene rings is 2. The number of esters is 1. The van der Waals surface area contributed by atoms with Crippen LogP contribution in [-0.4, -0.2) is 73.9 Å². The van der Waals surface area contributed by atoms with E-state index in [2.05, 4.69) is 0 Å². The molecule has 2 heterocycles. The maximum atomic E-state index is 12.8. The summed E-state index contributed by atoms with van der Waals surface area (Å²) in [6.07, 6.45) is -8.05. The van der Waals surface area contributed by atoms with Gasteiger partial charge >= 0.3 is 5.97 Å². The molecule has 10 heteroatoms. The highest BCUT2D eigenvalue weighted by Crippen LogP contribution is 2.39. The van der Waals surface area contributed by atoms with Crippen LogP contribution in [0.5, 0.6) is 17.2 Å². The standard InChI is InChI=1S/C21H22O10/c22-8-15-17(25)18(26)19(27)21(31-15)30-14-7-12(24)5-10-6-13(29-20(28)16(10)14)9-1-3-11(23)4-2-9/h1-5,7,13,15,17-19,21-27H,6,8H2/t13-,15-,17-,18+,19-,21-/m1/s1. The van der Waals surface area contributed by atoms with Crippen molar-refractivity contribution < 1.29 is 49.6 Å². The van der Waals surface area contributed by atoms with Gasteiger partial charge < -0.3 is 44.8 Å². The van der Waals surface area contributed by atoms with E-state index in [4.69, 9.17) is 14.2 Å². The van der Waals surface area contributed by atoms with Crippen molar-refractivity contribution in [3.63, 3.8) is 0 Å². The Hall–Kier alpha value is -2.89. The quantitative estimate of drug-likeness (QED) is 0.353. The third-order valence-corrected chi connectivity index (χ3v) is 5.38. The minimum atomic E-state index is -1.68. The number of carbonyl (C=O) groups is 1. The molecule has 0 aromatic heterocycles. The molecule has 10 nitrogen and oxygen atoms in total. The Morgan fingerprint density at radius 3 is 2.35 bits per heavy atom. The largest absolute Gasteiger partial charge is 0.508 e. The van der Waals surface area contributed by atoms with Crippen LogP contribution in [0.4, 0.5) is 0 Å². The summed E-state index contributed by atoms with van der Waals surface area (Å²) in [5, 5.41) is 58.9. The summed E-state index contributed by atoms with van der Waals surface area (Å²) in [4.78, 5) is 12.8. The second-order valence-corrected chi connectivity index (χ2v) is 7.48. The van der Waals surface area contributed by atoms with Crippen molar-refractivity contribution in [1.29, 1.82) is 0 Å². The predicted molar refractivity (Wildman–Crippen MR) is 102 cm³/mol. The first-order valence-electron chi connectivity index (χ1n) is 9.61. The van der Waals surface area contributed by atoms with Gasteiger partial charge in [-0.15, -0.1) is 0 Å². The van der Waals surface area contributed by atoms with Crippen molar-refractivity contribution in [1.82, 2.24) is 0 Å². The lowest BCUT2D eigenvalue weighted by Crippen LogP contribution is -2.60. The van der Waals surface area contributed by atoms with Gasteiger partial charge in [0.05, 0.1) is 6.61 Å². The molecule has 0 saturated carbocycles. The van der Waals surface area contributed by atoms with E-state index in [1.54, 1.807) is 12.1 Å². The van der Waals surface area contributed by atoms with Crippen molar-refractivity contribution in [2.24, 2.45) is 0 Å². The number of rotatable bonds is 4. The topological polar surface area (TPSA) is 166 Å². The zero-order valence-corrected chi connectivity index (χ0v) is 16.2. The minimum Gasteiger partial charge on any atom is -0.508 e. The predicted octanol–water partition coefficient (Wildman–Crippen LogP) is -0.269. The van der Waals surface area contributed by atoms with Gasteiger partial charge in [-0.2, -0.15) is 0 Å². The van der Waals surface area contributed by atoms with Gasteiger partial charge in [0.1, 0.15) is 53.3 Å². The first-order chi connectivity index (χ1) is 14.8. The fourth-order valence-electron chi connectivity index (χ4n) is 3.74. The van der Waals surface area contributed by atoms with Crippen LogP contribution in [0.15, 0.2) is 36.4 Å². The van der Waals surface area contributed by atoms with E-state index < -0.39 is 49.4 Å². The molecule has 1 saturated heterocycles. The van der Waals surface area contributed by atoms with E-state index >= 15 is 0 Å². The Balaban J connectivity index is 1.63. The van der Waals surface area contributed by atoms with Crippen molar-refractivity contribution in [2.45, 2.75) is 43.2 Å². The summed E-state index contributed by atoms with van der Waals surface area (Å²) in [7, 11) is 0. The molecule has 166 valence electrons. The molecule has 2 aliphatic rings. The normalized spacial score (nSPS) is 30.4. The van der Waals surface area contributed by atoms with Gasteiger partial charge in [0.2, 0.25) is 6.29 Å². The zero-order valence-electron chi connectivity index (χ0n) is 16.2. The van der Waals surface area contributed by atoms with E-state index in [-0.39, 0.29) is 29.2 Å². The number of hydrogen-bond donors (Lipinski definition) is 6. The monoisotopic (exact) mass is 434 g/mol. The average Bonchev–Trinajstić information content (AvgIpc) is 2.74. The summed E-state index contributed by atoms with van der Waals surface area (Å²) in [5.74, 6) is -1.02. The molecule has 2 aliphatic heterocycles. The molecule has 1 fully saturated rings. The van der Waals surface area contributed by atoms with Gasteiger partial charge in [-0.05, 0) is 29.3 Å². The number of aliphatic hydroxyl groups excluding tert-OH is 4. The maximum absolute atomic E-state index is 12.8.